The van der Waals surface area contributed by atoms with E-state index in [0.29, 0.717) is 11.4 Å². The summed E-state index contributed by atoms with van der Waals surface area (Å²) in [5.74, 6) is -2.65. The number of para-hydroxylation sites is 3. The van der Waals surface area contributed by atoms with Crippen LogP contribution in [0.15, 0.2) is 115 Å². The Morgan fingerprint density at radius 1 is 0.714 bits per heavy atom. The van der Waals surface area contributed by atoms with Crippen molar-refractivity contribution in [3.63, 3.8) is 0 Å². The maximum absolute atomic E-state index is 14.4. The zero-order valence-electron chi connectivity index (χ0n) is 22.9. The van der Waals surface area contributed by atoms with Gasteiger partial charge in [-0.3, -0.25) is 9.59 Å². The summed E-state index contributed by atoms with van der Waals surface area (Å²) < 4.78 is 11.8. The third-order valence-corrected chi connectivity index (χ3v) is 8.42. The molecule has 0 spiro atoms. The first-order valence-corrected chi connectivity index (χ1v) is 14.0. The zero-order valence-corrected chi connectivity index (χ0v) is 22.9. The predicted octanol–water partition coefficient (Wildman–Crippen LogP) is 5.42. The van der Waals surface area contributed by atoms with E-state index in [1.54, 1.807) is 24.3 Å². The molecule has 0 radical (unpaired) electrons. The molecule has 0 aromatic heterocycles. The predicted molar refractivity (Wildman–Crippen MR) is 159 cm³/mol. The molecule has 0 aliphatic carbocycles. The molecule has 0 N–H and O–H groups in total. The summed E-state index contributed by atoms with van der Waals surface area (Å²) in [4.78, 5) is 45.9. The van der Waals surface area contributed by atoms with Gasteiger partial charge in [-0.05, 0) is 34.9 Å². The van der Waals surface area contributed by atoms with Crippen LogP contribution in [0.3, 0.4) is 0 Å². The molecule has 0 saturated carbocycles. The number of carbonyl (C=O) groups is 3. The SMILES string of the molecule is COc1ccccc1N1C(=O)C2C(C1=O)C(C(=O)OC(c1ccccc1)c1ccccc1)N1c3ccccc3C=CC21. The van der Waals surface area contributed by atoms with E-state index in [-0.39, 0.29) is 5.91 Å². The second-order valence-electron chi connectivity index (χ2n) is 10.6. The lowest BCUT2D eigenvalue weighted by molar-refractivity contribution is -0.151. The summed E-state index contributed by atoms with van der Waals surface area (Å²) in [5, 5.41) is 0. The molecule has 7 nitrogen and oxygen atoms in total. The second-order valence-corrected chi connectivity index (χ2v) is 10.6. The lowest BCUT2D eigenvalue weighted by Crippen LogP contribution is -2.49. The van der Waals surface area contributed by atoms with Crippen LogP contribution in [0.1, 0.15) is 22.8 Å². The molecule has 2 saturated heterocycles. The van der Waals surface area contributed by atoms with Gasteiger partial charge < -0.3 is 14.4 Å². The van der Waals surface area contributed by atoms with Gasteiger partial charge in [-0.2, -0.15) is 0 Å². The minimum absolute atomic E-state index is 0.355. The molecular weight excluding hydrogens is 528 g/mol. The molecule has 4 aromatic carbocycles. The van der Waals surface area contributed by atoms with Gasteiger partial charge in [-0.1, -0.05) is 103 Å². The maximum Gasteiger partial charge on any atom is 0.330 e. The Morgan fingerprint density at radius 3 is 1.95 bits per heavy atom. The van der Waals surface area contributed by atoms with Crippen LogP contribution >= 0.6 is 0 Å². The van der Waals surface area contributed by atoms with Crippen LogP contribution in [0.4, 0.5) is 11.4 Å². The molecule has 3 aliphatic rings. The Bertz CT molecular complexity index is 1660. The van der Waals surface area contributed by atoms with Crippen molar-refractivity contribution in [2.75, 3.05) is 16.9 Å². The van der Waals surface area contributed by atoms with Gasteiger partial charge in [-0.25, -0.2) is 9.69 Å². The molecule has 2 amide bonds. The molecule has 4 aromatic rings. The number of benzene rings is 4. The summed E-state index contributed by atoms with van der Waals surface area (Å²) >= 11 is 0. The molecule has 4 unspecified atom stereocenters. The van der Waals surface area contributed by atoms with E-state index >= 15 is 0 Å². The van der Waals surface area contributed by atoms with Crippen molar-refractivity contribution in [1.29, 1.82) is 0 Å². The first kappa shape index (κ1) is 25.8. The monoisotopic (exact) mass is 556 g/mol. The second kappa shape index (κ2) is 10.3. The van der Waals surface area contributed by atoms with Crippen LogP contribution in [-0.2, 0) is 19.1 Å². The van der Waals surface area contributed by atoms with Crippen LogP contribution in [0.5, 0.6) is 5.75 Å². The van der Waals surface area contributed by atoms with Gasteiger partial charge in [0.1, 0.15) is 11.8 Å². The Kier molecular flexibility index (Phi) is 6.35. The fraction of sp³-hybridized carbons (Fsp3) is 0.171. The third-order valence-electron chi connectivity index (χ3n) is 8.42. The minimum Gasteiger partial charge on any atom is -0.495 e. The summed E-state index contributed by atoms with van der Waals surface area (Å²) in [6.45, 7) is 0. The summed E-state index contributed by atoms with van der Waals surface area (Å²) in [6, 6.07) is 32.2. The quantitative estimate of drug-likeness (QED) is 0.233. The van der Waals surface area contributed by atoms with Crippen LogP contribution in [0.25, 0.3) is 6.08 Å². The Morgan fingerprint density at radius 2 is 1.29 bits per heavy atom. The molecule has 2 fully saturated rings. The van der Waals surface area contributed by atoms with Crippen LogP contribution in [-0.4, -0.2) is 37.0 Å². The Balaban J connectivity index is 1.33. The zero-order chi connectivity index (χ0) is 28.8. The van der Waals surface area contributed by atoms with Gasteiger partial charge in [0.15, 0.2) is 6.10 Å². The highest BCUT2D eigenvalue weighted by molar-refractivity contribution is 6.25. The molecule has 3 heterocycles. The topological polar surface area (TPSA) is 76.1 Å². The van der Waals surface area contributed by atoms with Crippen molar-refractivity contribution in [2.24, 2.45) is 11.8 Å². The van der Waals surface area contributed by atoms with Crippen molar-refractivity contribution < 1.29 is 23.9 Å². The molecule has 4 atom stereocenters. The standard InChI is InChI=1S/C35H28N2O5/c1-41-28-19-11-10-18-26(28)37-33(38)29-27-21-20-22-12-8-9-17-25(22)36(27)31(30(29)34(37)39)35(40)42-32(23-13-4-2-5-14-23)24-15-6-3-7-16-24/h2-21,27,29-32H,1H3. The number of amides is 2. The van der Waals surface area contributed by atoms with Crippen molar-refractivity contribution in [3.05, 3.63) is 132 Å². The average molecular weight is 557 g/mol. The number of anilines is 2. The van der Waals surface area contributed by atoms with Crippen molar-refractivity contribution in [1.82, 2.24) is 0 Å². The van der Waals surface area contributed by atoms with Crippen molar-refractivity contribution >= 4 is 35.2 Å². The van der Waals surface area contributed by atoms with Gasteiger partial charge >= 0.3 is 5.97 Å². The minimum atomic E-state index is -1.02. The summed E-state index contributed by atoms with van der Waals surface area (Å²) in [5.41, 5.74) is 3.70. The van der Waals surface area contributed by atoms with E-state index < -0.39 is 41.9 Å². The summed E-state index contributed by atoms with van der Waals surface area (Å²) in [6.07, 6.45) is 3.20. The Hall–Kier alpha value is -5.17. The smallest absolute Gasteiger partial charge is 0.330 e. The first-order chi connectivity index (χ1) is 20.6. The largest absolute Gasteiger partial charge is 0.495 e. The first-order valence-electron chi connectivity index (χ1n) is 14.0. The maximum atomic E-state index is 14.4. The molecular formula is C35H28N2O5. The highest BCUT2D eigenvalue weighted by atomic mass is 16.5. The molecule has 3 aliphatic heterocycles. The van der Waals surface area contributed by atoms with E-state index in [9.17, 15) is 14.4 Å². The van der Waals surface area contributed by atoms with Crippen molar-refractivity contribution in [3.8, 4) is 5.75 Å². The Labute approximate surface area is 243 Å². The number of methoxy groups -OCH3 is 1. The van der Waals surface area contributed by atoms with E-state index in [1.807, 2.05) is 102 Å². The van der Waals surface area contributed by atoms with Crippen LogP contribution in [0, 0.1) is 11.8 Å². The van der Waals surface area contributed by atoms with E-state index in [0.717, 1.165) is 22.4 Å². The molecule has 7 heteroatoms. The number of carbonyl (C=O) groups excluding carboxylic acids is 3. The van der Waals surface area contributed by atoms with Gasteiger partial charge in [-0.15, -0.1) is 0 Å². The third kappa shape index (κ3) is 4.00. The van der Waals surface area contributed by atoms with Gasteiger partial charge in [0.2, 0.25) is 11.8 Å². The van der Waals surface area contributed by atoms with Gasteiger partial charge in [0.05, 0.1) is 30.7 Å². The molecule has 42 heavy (non-hydrogen) atoms. The molecule has 0 bridgehead atoms. The van der Waals surface area contributed by atoms with Crippen LogP contribution < -0.4 is 14.5 Å². The lowest BCUT2D eigenvalue weighted by atomic mass is 9.88. The number of ether oxygens (including phenoxy) is 2. The van der Waals surface area contributed by atoms with Gasteiger partial charge in [0, 0.05) is 5.69 Å². The number of fused-ring (bicyclic) bond motifs is 5. The highest BCUT2D eigenvalue weighted by Crippen LogP contribution is 2.50. The van der Waals surface area contributed by atoms with Gasteiger partial charge in [0.25, 0.3) is 0 Å². The van der Waals surface area contributed by atoms with Crippen LogP contribution in [0.2, 0.25) is 0 Å². The number of rotatable bonds is 6. The molecule has 208 valence electrons. The highest BCUT2D eigenvalue weighted by Gasteiger charge is 2.65. The van der Waals surface area contributed by atoms with E-state index in [4.69, 9.17) is 9.47 Å². The lowest BCUT2D eigenvalue weighted by Gasteiger charge is -2.36. The normalized spacial score (nSPS) is 22.1. The fourth-order valence-corrected chi connectivity index (χ4v) is 6.61. The number of hydrogen-bond acceptors (Lipinski definition) is 6. The fourth-order valence-electron chi connectivity index (χ4n) is 6.61. The molecule has 7 rings (SSSR count). The van der Waals surface area contributed by atoms with E-state index in [1.165, 1.54) is 12.0 Å². The number of esters is 1. The van der Waals surface area contributed by atoms with Crippen molar-refractivity contribution in [2.45, 2.75) is 18.2 Å². The van der Waals surface area contributed by atoms with E-state index in [2.05, 4.69) is 0 Å². The number of hydrogen-bond donors (Lipinski definition) is 0. The summed E-state index contributed by atoms with van der Waals surface area (Å²) in [7, 11) is 1.50. The number of nitrogens with zero attached hydrogens (tertiary/aromatic N) is 2. The average Bonchev–Trinajstić information content (AvgIpc) is 3.52. The number of imide groups is 1.